The van der Waals surface area contributed by atoms with E-state index in [1.807, 2.05) is 13.8 Å². The lowest BCUT2D eigenvalue weighted by Crippen LogP contribution is -2.40. The minimum Gasteiger partial charge on any atom is -0.378 e. The summed E-state index contributed by atoms with van der Waals surface area (Å²) in [5.74, 6) is -0.626. The quantitative estimate of drug-likeness (QED) is 0.560. The lowest BCUT2D eigenvalue weighted by atomic mass is 10.0. The zero-order valence-corrected chi connectivity index (χ0v) is 15.2. The minimum atomic E-state index is -0.847. The van der Waals surface area contributed by atoms with Crippen LogP contribution in [-0.2, 0) is 4.74 Å². The summed E-state index contributed by atoms with van der Waals surface area (Å²) in [6.07, 6.45) is 1.07. The maximum absolute atomic E-state index is 13.3. The summed E-state index contributed by atoms with van der Waals surface area (Å²) >= 11 is 0. The number of nitrogens with one attached hydrogen (secondary N) is 2. The number of aliphatic imine (C=N–C) groups is 1. The van der Waals surface area contributed by atoms with Crippen LogP contribution >= 0.6 is 0 Å². The summed E-state index contributed by atoms with van der Waals surface area (Å²) < 4.78 is 32.1. The van der Waals surface area contributed by atoms with Crippen molar-refractivity contribution in [1.29, 1.82) is 0 Å². The van der Waals surface area contributed by atoms with E-state index in [2.05, 4.69) is 29.5 Å². The molecule has 0 aliphatic heterocycles. The second kappa shape index (κ2) is 10.2. The van der Waals surface area contributed by atoms with Gasteiger partial charge in [0.1, 0.15) is 0 Å². The fourth-order valence-corrected chi connectivity index (χ4v) is 2.42. The van der Waals surface area contributed by atoms with Crippen LogP contribution in [0.4, 0.5) is 8.78 Å². The molecule has 0 aromatic heterocycles. The Hall–Kier alpha value is -1.69. The molecule has 0 saturated carbocycles. The Kier molecular flexibility index (Phi) is 8.68. The van der Waals surface area contributed by atoms with E-state index in [0.717, 1.165) is 12.5 Å². The lowest BCUT2D eigenvalue weighted by Gasteiger charge is -2.22. The summed E-state index contributed by atoms with van der Waals surface area (Å²) in [6.45, 7) is 9.55. The molecular weight excluding hydrogens is 312 g/mol. The van der Waals surface area contributed by atoms with Gasteiger partial charge in [0.25, 0.3) is 0 Å². The second-order valence-corrected chi connectivity index (χ2v) is 6.07. The zero-order valence-electron chi connectivity index (χ0n) is 15.2. The van der Waals surface area contributed by atoms with Crippen LogP contribution in [0.5, 0.6) is 0 Å². The van der Waals surface area contributed by atoms with Crippen molar-refractivity contribution in [2.24, 2.45) is 10.9 Å². The van der Waals surface area contributed by atoms with E-state index in [0.29, 0.717) is 30.6 Å². The Morgan fingerprint density at radius 3 is 2.46 bits per heavy atom. The van der Waals surface area contributed by atoms with Gasteiger partial charge in [0.05, 0.1) is 12.1 Å². The van der Waals surface area contributed by atoms with Crippen molar-refractivity contribution in [2.75, 3.05) is 20.2 Å². The highest BCUT2D eigenvalue weighted by Gasteiger charge is 2.14. The Morgan fingerprint density at radius 1 is 1.21 bits per heavy atom. The summed E-state index contributed by atoms with van der Waals surface area (Å²) in [6, 6.07) is 3.70. The van der Waals surface area contributed by atoms with E-state index in [9.17, 15) is 8.78 Å². The molecule has 2 N–H and O–H groups in total. The normalized spacial score (nSPS) is 14.6. The molecule has 0 radical (unpaired) electrons. The summed E-state index contributed by atoms with van der Waals surface area (Å²) in [5, 5.41) is 6.40. The average Bonchev–Trinajstić information content (AvgIpc) is 2.55. The van der Waals surface area contributed by atoms with E-state index in [-0.39, 0.29) is 12.1 Å². The molecule has 1 rings (SSSR count). The number of benzene rings is 1. The first-order valence-electron chi connectivity index (χ1n) is 8.42. The van der Waals surface area contributed by atoms with Gasteiger partial charge in [0, 0.05) is 20.2 Å². The second-order valence-electron chi connectivity index (χ2n) is 6.07. The van der Waals surface area contributed by atoms with E-state index < -0.39 is 11.6 Å². The third-order valence-corrected chi connectivity index (χ3v) is 3.87. The Balaban J connectivity index is 2.53. The highest BCUT2D eigenvalue weighted by molar-refractivity contribution is 5.80. The molecule has 0 amide bonds. The fraction of sp³-hybridized carbons (Fsp3) is 0.611. The van der Waals surface area contributed by atoms with Gasteiger partial charge in [-0.05, 0) is 43.9 Å². The standard InChI is InChI=1S/C18H29F2N3O/c1-6-24-17(12(2)3)9-10-22-18(21-5)23-13(4)14-7-8-15(19)16(20)11-14/h7-8,11-13,17H,6,9-10H2,1-5H3,(H2,21,22,23). The maximum Gasteiger partial charge on any atom is 0.191 e. The molecule has 0 spiro atoms. The number of ether oxygens (including phenoxy) is 1. The third-order valence-electron chi connectivity index (χ3n) is 3.87. The van der Waals surface area contributed by atoms with Gasteiger partial charge in [-0.2, -0.15) is 0 Å². The molecule has 0 aliphatic rings. The first-order chi connectivity index (χ1) is 11.4. The van der Waals surface area contributed by atoms with Crippen LogP contribution in [0, 0.1) is 17.6 Å². The monoisotopic (exact) mass is 341 g/mol. The van der Waals surface area contributed by atoms with Gasteiger partial charge in [-0.15, -0.1) is 0 Å². The SMILES string of the molecule is CCOC(CCNC(=NC)NC(C)c1ccc(F)c(F)c1)C(C)C. The zero-order chi connectivity index (χ0) is 18.1. The predicted octanol–water partition coefficient (Wildman–Crippen LogP) is 3.64. The average molecular weight is 341 g/mol. The molecule has 0 fully saturated rings. The maximum atomic E-state index is 13.3. The Labute approximate surface area is 143 Å². The number of guanidine groups is 1. The molecular formula is C18H29F2N3O. The van der Waals surface area contributed by atoms with Gasteiger partial charge in [-0.25, -0.2) is 8.78 Å². The molecule has 24 heavy (non-hydrogen) atoms. The first kappa shape index (κ1) is 20.4. The number of halogens is 2. The molecule has 136 valence electrons. The van der Waals surface area contributed by atoms with E-state index in [4.69, 9.17) is 4.74 Å². The molecule has 0 bridgehead atoms. The molecule has 4 nitrogen and oxygen atoms in total. The largest absolute Gasteiger partial charge is 0.378 e. The van der Waals surface area contributed by atoms with Crippen molar-refractivity contribution in [3.63, 3.8) is 0 Å². The van der Waals surface area contributed by atoms with Crippen molar-refractivity contribution in [3.05, 3.63) is 35.4 Å². The van der Waals surface area contributed by atoms with Gasteiger partial charge in [0.15, 0.2) is 17.6 Å². The van der Waals surface area contributed by atoms with Gasteiger partial charge in [-0.1, -0.05) is 19.9 Å². The highest BCUT2D eigenvalue weighted by atomic mass is 19.2. The van der Waals surface area contributed by atoms with Crippen LogP contribution in [-0.4, -0.2) is 32.3 Å². The molecule has 0 saturated heterocycles. The van der Waals surface area contributed by atoms with E-state index in [1.165, 1.54) is 6.07 Å². The van der Waals surface area contributed by atoms with Crippen LogP contribution in [0.25, 0.3) is 0 Å². The Bertz CT molecular complexity index is 535. The predicted molar refractivity (Wildman–Crippen MR) is 94.1 cm³/mol. The van der Waals surface area contributed by atoms with Gasteiger partial charge >= 0.3 is 0 Å². The first-order valence-corrected chi connectivity index (χ1v) is 8.42. The highest BCUT2D eigenvalue weighted by Crippen LogP contribution is 2.16. The van der Waals surface area contributed by atoms with Gasteiger partial charge in [-0.3, -0.25) is 4.99 Å². The molecule has 6 heteroatoms. The van der Waals surface area contributed by atoms with Crippen molar-refractivity contribution in [1.82, 2.24) is 10.6 Å². The lowest BCUT2D eigenvalue weighted by molar-refractivity contribution is 0.0258. The van der Waals surface area contributed by atoms with Gasteiger partial charge in [0.2, 0.25) is 0 Å². The van der Waals surface area contributed by atoms with E-state index in [1.54, 1.807) is 13.1 Å². The van der Waals surface area contributed by atoms with Crippen LogP contribution in [0.15, 0.2) is 23.2 Å². The topological polar surface area (TPSA) is 45.6 Å². The smallest absolute Gasteiger partial charge is 0.191 e. The van der Waals surface area contributed by atoms with Crippen molar-refractivity contribution >= 4 is 5.96 Å². The minimum absolute atomic E-state index is 0.195. The number of hydrogen-bond acceptors (Lipinski definition) is 2. The summed E-state index contributed by atoms with van der Waals surface area (Å²) in [7, 11) is 1.68. The van der Waals surface area contributed by atoms with Crippen molar-refractivity contribution < 1.29 is 13.5 Å². The molecule has 1 aromatic carbocycles. The number of nitrogens with zero attached hydrogens (tertiary/aromatic N) is 1. The number of rotatable bonds is 8. The third kappa shape index (κ3) is 6.43. The fourth-order valence-electron chi connectivity index (χ4n) is 2.42. The molecule has 2 unspecified atom stereocenters. The van der Waals surface area contributed by atoms with Crippen LogP contribution in [0.2, 0.25) is 0 Å². The molecule has 1 aromatic rings. The van der Waals surface area contributed by atoms with Gasteiger partial charge < -0.3 is 15.4 Å². The summed E-state index contributed by atoms with van der Waals surface area (Å²) in [4.78, 5) is 4.17. The Morgan fingerprint density at radius 2 is 1.92 bits per heavy atom. The van der Waals surface area contributed by atoms with Crippen LogP contribution in [0.3, 0.4) is 0 Å². The summed E-state index contributed by atoms with van der Waals surface area (Å²) in [5.41, 5.74) is 0.659. The van der Waals surface area contributed by atoms with Crippen LogP contribution < -0.4 is 10.6 Å². The van der Waals surface area contributed by atoms with E-state index >= 15 is 0 Å². The molecule has 0 aliphatic carbocycles. The molecule has 2 atom stereocenters. The van der Waals surface area contributed by atoms with Crippen molar-refractivity contribution in [3.8, 4) is 0 Å². The molecule has 0 heterocycles. The number of hydrogen-bond donors (Lipinski definition) is 2. The van der Waals surface area contributed by atoms with Crippen molar-refractivity contribution in [2.45, 2.75) is 46.3 Å². The van der Waals surface area contributed by atoms with Crippen LogP contribution in [0.1, 0.15) is 45.7 Å².